The van der Waals surface area contributed by atoms with E-state index < -0.39 is 0 Å². The van der Waals surface area contributed by atoms with Crippen molar-refractivity contribution in [2.75, 3.05) is 0 Å². The van der Waals surface area contributed by atoms with Gasteiger partial charge in [0, 0.05) is 61.0 Å². The number of halogens is 2. The second-order valence-electron chi connectivity index (χ2n) is 13.8. The Morgan fingerprint density at radius 1 is 0.550 bits per heavy atom. The van der Waals surface area contributed by atoms with Crippen LogP contribution in [-0.2, 0) is 24.9 Å². The van der Waals surface area contributed by atoms with Gasteiger partial charge in [0.1, 0.15) is 11.6 Å². The third kappa shape index (κ3) is 8.69. The molecule has 0 fully saturated rings. The summed E-state index contributed by atoms with van der Waals surface area (Å²) in [4.78, 5) is 18.9. The number of ketones is 1. The molecule has 0 saturated heterocycles. The van der Waals surface area contributed by atoms with Gasteiger partial charge in [-0.1, -0.05) is 71.4 Å². The molecule has 60 heavy (non-hydrogen) atoms. The van der Waals surface area contributed by atoms with Crippen LogP contribution in [0.2, 0.25) is 0 Å². The van der Waals surface area contributed by atoms with Crippen LogP contribution in [0.5, 0.6) is 0 Å². The van der Waals surface area contributed by atoms with Gasteiger partial charge < -0.3 is 24.2 Å². The summed E-state index contributed by atoms with van der Waals surface area (Å²) in [6, 6.07) is 56.3. The Bertz CT molecular complexity index is 2910. The largest absolute Gasteiger partial charge is 0.512 e. The Balaban J connectivity index is 0.000000155. The van der Waals surface area contributed by atoms with Crippen LogP contribution < -0.4 is 0 Å². The number of carbonyl (C=O) groups excluding carboxylic acids is 1. The van der Waals surface area contributed by atoms with E-state index in [2.05, 4.69) is 67.6 Å². The molecule has 9 heteroatoms. The molecule has 297 valence electrons. The zero-order valence-electron chi connectivity index (χ0n) is 32.5. The summed E-state index contributed by atoms with van der Waals surface area (Å²) >= 11 is 0. The Morgan fingerprint density at radius 2 is 0.950 bits per heavy atom. The number of aliphatic hydroxyl groups is 1. The predicted molar refractivity (Wildman–Crippen MR) is 233 cm³/mol. The van der Waals surface area contributed by atoms with Crippen molar-refractivity contribution >= 4 is 49.4 Å². The van der Waals surface area contributed by atoms with E-state index in [0.29, 0.717) is 0 Å². The minimum Gasteiger partial charge on any atom is -0.512 e. The van der Waals surface area contributed by atoms with Crippen LogP contribution in [0.15, 0.2) is 182 Å². The summed E-state index contributed by atoms with van der Waals surface area (Å²) in [5.74, 6) is -0.537. The van der Waals surface area contributed by atoms with E-state index in [9.17, 15) is 13.6 Å². The standard InChI is InChI=1S/2C23H14FN2.C5H8O2.Ir/c2*24-17-9-11-18(12-10-17)26-22-7-2-1-5-19(22)20-15-16(8-13-23(20)26)21-6-3-4-14-25-21;1-4(6)3-5(2)7;/h2*1-7,9-15H;3,6H,1-2H3;/q2*-1;;/b;;4-3-;. The molecule has 0 spiro atoms. The molecule has 4 aromatic heterocycles. The van der Waals surface area contributed by atoms with Crippen molar-refractivity contribution in [3.63, 3.8) is 0 Å². The first-order valence-electron chi connectivity index (χ1n) is 18.9. The number of rotatable bonds is 5. The molecule has 0 bridgehead atoms. The zero-order chi connectivity index (χ0) is 40.9. The van der Waals surface area contributed by atoms with Gasteiger partial charge >= 0.3 is 0 Å². The second kappa shape index (κ2) is 18.2. The van der Waals surface area contributed by atoms with E-state index in [-0.39, 0.29) is 43.3 Å². The molecule has 6 aromatic carbocycles. The van der Waals surface area contributed by atoms with Crippen LogP contribution in [0, 0.1) is 23.8 Å². The van der Waals surface area contributed by atoms with Gasteiger partial charge in [0.2, 0.25) is 0 Å². The number of allylic oxidation sites excluding steroid dienone is 2. The number of hydrogen-bond donors (Lipinski definition) is 1. The van der Waals surface area contributed by atoms with E-state index in [0.717, 1.165) is 77.5 Å². The molecule has 4 heterocycles. The first kappa shape index (κ1) is 41.1. The summed E-state index contributed by atoms with van der Waals surface area (Å²) in [6.07, 6.45) is 4.74. The Kier molecular flexibility index (Phi) is 12.5. The van der Waals surface area contributed by atoms with Crippen molar-refractivity contribution in [3.8, 4) is 33.9 Å². The summed E-state index contributed by atoms with van der Waals surface area (Å²) < 4.78 is 31.0. The molecule has 0 aliphatic carbocycles. The second-order valence-corrected chi connectivity index (χ2v) is 13.8. The van der Waals surface area contributed by atoms with Gasteiger partial charge in [0.15, 0.2) is 5.78 Å². The minimum atomic E-state index is -0.237. The van der Waals surface area contributed by atoms with Gasteiger partial charge in [0.25, 0.3) is 0 Å². The number of pyridine rings is 2. The smallest absolute Gasteiger partial charge is 0.155 e. The summed E-state index contributed by atoms with van der Waals surface area (Å²) in [7, 11) is 0. The van der Waals surface area contributed by atoms with Gasteiger partial charge in [-0.3, -0.25) is 4.79 Å². The van der Waals surface area contributed by atoms with E-state index in [1.54, 1.807) is 36.7 Å². The molecule has 6 nitrogen and oxygen atoms in total. The van der Waals surface area contributed by atoms with Gasteiger partial charge in [-0.05, 0) is 120 Å². The fourth-order valence-corrected chi connectivity index (χ4v) is 7.19. The van der Waals surface area contributed by atoms with Crippen LogP contribution in [0.3, 0.4) is 0 Å². The van der Waals surface area contributed by atoms with Crippen LogP contribution in [0.4, 0.5) is 8.78 Å². The number of fused-ring (bicyclic) bond motifs is 6. The monoisotopic (exact) mass is 967 g/mol. The van der Waals surface area contributed by atoms with Crippen LogP contribution in [-0.4, -0.2) is 30.0 Å². The Hall–Kier alpha value is -7.06. The maximum absolute atomic E-state index is 13.4. The molecule has 0 amide bonds. The molecule has 1 N–H and O–H groups in total. The van der Waals surface area contributed by atoms with Crippen molar-refractivity contribution in [1.82, 2.24) is 19.1 Å². The summed E-state index contributed by atoms with van der Waals surface area (Å²) in [5.41, 5.74) is 9.81. The van der Waals surface area contributed by atoms with Crippen molar-refractivity contribution in [3.05, 3.63) is 206 Å². The molecule has 0 atom stereocenters. The molecule has 0 saturated carbocycles. The number of benzene rings is 6. The molecular weight excluding hydrogens is 931 g/mol. The Labute approximate surface area is 359 Å². The van der Waals surface area contributed by atoms with Crippen molar-refractivity contribution < 1.29 is 38.8 Å². The average molecular weight is 967 g/mol. The predicted octanol–water partition coefficient (Wildman–Crippen LogP) is 12.6. The average Bonchev–Trinajstić information content (AvgIpc) is 3.77. The van der Waals surface area contributed by atoms with E-state index in [1.807, 2.05) is 72.8 Å². The first-order chi connectivity index (χ1) is 28.7. The number of para-hydroxylation sites is 2. The molecule has 0 aliphatic rings. The van der Waals surface area contributed by atoms with Crippen molar-refractivity contribution in [1.29, 1.82) is 0 Å². The fraction of sp³-hybridized carbons (Fsp3) is 0.0392. The van der Waals surface area contributed by atoms with Crippen molar-refractivity contribution in [2.24, 2.45) is 0 Å². The van der Waals surface area contributed by atoms with E-state index >= 15 is 0 Å². The van der Waals surface area contributed by atoms with Crippen LogP contribution in [0.1, 0.15) is 13.8 Å². The molecule has 0 unspecified atom stereocenters. The SMILES string of the molecule is CC(=O)/C=C(/C)O.Fc1ccc(-n2c3c[c-]c(-c4ccccn4)cc3c3ccccc32)cc1.Fc1ccc(-n2c3c[c-]c(-c4ccccn4)cc3c3ccccc32)cc1.[Ir]. The summed E-state index contributed by atoms with van der Waals surface area (Å²) in [5, 5.41) is 12.9. The fourth-order valence-electron chi connectivity index (χ4n) is 7.19. The van der Waals surface area contributed by atoms with Crippen molar-refractivity contribution in [2.45, 2.75) is 13.8 Å². The number of carbonyl (C=O) groups is 1. The third-order valence-electron chi connectivity index (χ3n) is 9.67. The number of hydrogen-bond acceptors (Lipinski definition) is 4. The maximum Gasteiger partial charge on any atom is 0.155 e. The minimum absolute atomic E-state index is 0. The van der Waals surface area contributed by atoms with Gasteiger partial charge in [-0.25, -0.2) is 8.78 Å². The van der Waals surface area contributed by atoms with Gasteiger partial charge in [-0.2, -0.15) is 0 Å². The number of nitrogens with zero attached hydrogens (tertiary/aromatic N) is 4. The third-order valence-corrected chi connectivity index (χ3v) is 9.67. The Morgan fingerprint density at radius 3 is 1.30 bits per heavy atom. The van der Waals surface area contributed by atoms with Gasteiger partial charge in [0.05, 0.1) is 5.76 Å². The van der Waals surface area contributed by atoms with E-state index in [4.69, 9.17) is 5.11 Å². The molecule has 10 aromatic rings. The first-order valence-corrected chi connectivity index (χ1v) is 18.9. The number of aliphatic hydroxyl groups excluding tert-OH is 1. The van der Waals surface area contributed by atoms with Crippen LogP contribution in [0.25, 0.3) is 77.5 Å². The maximum atomic E-state index is 13.4. The summed E-state index contributed by atoms with van der Waals surface area (Å²) in [6.45, 7) is 2.85. The number of aromatic nitrogens is 4. The van der Waals surface area contributed by atoms with Gasteiger partial charge in [-0.15, -0.1) is 47.5 Å². The molecule has 10 rings (SSSR count). The molecular formula is C51H36F2IrN4O2-2. The molecule has 0 aliphatic heterocycles. The van der Waals surface area contributed by atoms with Crippen LogP contribution >= 0.6 is 0 Å². The zero-order valence-corrected chi connectivity index (χ0v) is 34.9. The quantitative estimate of drug-likeness (QED) is 0.106. The van der Waals surface area contributed by atoms with E-state index in [1.165, 1.54) is 44.2 Å². The topological polar surface area (TPSA) is 72.9 Å². The molecule has 1 radical (unpaired) electrons. The normalized spacial score (nSPS) is 11.1.